The van der Waals surface area contributed by atoms with E-state index in [0.717, 1.165) is 17.9 Å². The van der Waals surface area contributed by atoms with Crippen LogP contribution in [0.4, 0.5) is 0 Å². The molecule has 2 aliphatic rings. The maximum absolute atomic E-state index is 5.51. The summed E-state index contributed by atoms with van der Waals surface area (Å²) < 4.78 is 5.51. The first-order valence-electron chi connectivity index (χ1n) is 7.48. The lowest BCUT2D eigenvalue weighted by Gasteiger charge is -2.37. The molecule has 0 radical (unpaired) electrons. The van der Waals surface area contributed by atoms with E-state index in [2.05, 4.69) is 19.2 Å². The third-order valence-electron chi connectivity index (χ3n) is 5.03. The molecule has 2 heteroatoms. The summed E-state index contributed by atoms with van der Waals surface area (Å²) >= 11 is 0. The lowest BCUT2D eigenvalue weighted by atomic mass is 9.78. The maximum Gasteiger partial charge on any atom is 0.0586 e. The highest BCUT2D eigenvalue weighted by Crippen LogP contribution is 2.30. The molecule has 0 amide bonds. The minimum absolute atomic E-state index is 0.501. The highest BCUT2D eigenvalue weighted by atomic mass is 16.5. The van der Waals surface area contributed by atoms with Gasteiger partial charge in [-0.1, -0.05) is 13.8 Å². The summed E-state index contributed by atoms with van der Waals surface area (Å²) in [6, 6.07) is 1.47. The fraction of sp³-hybridized carbons (Fsp3) is 1.00. The Kier molecular flexibility index (Phi) is 4.87. The van der Waals surface area contributed by atoms with Gasteiger partial charge in [-0.2, -0.15) is 0 Å². The molecule has 0 aromatic carbocycles. The lowest BCUT2D eigenvalue weighted by molar-refractivity contribution is 0.0543. The van der Waals surface area contributed by atoms with E-state index >= 15 is 0 Å². The van der Waals surface area contributed by atoms with Gasteiger partial charge in [0.2, 0.25) is 0 Å². The van der Waals surface area contributed by atoms with Gasteiger partial charge in [0.1, 0.15) is 0 Å². The van der Waals surface area contributed by atoms with Crippen LogP contribution in [0.25, 0.3) is 0 Å². The van der Waals surface area contributed by atoms with E-state index < -0.39 is 0 Å². The van der Waals surface area contributed by atoms with Crippen LogP contribution in [-0.4, -0.2) is 25.3 Å². The van der Waals surface area contributed by atoms with E-state index in [0.29, 0.717) is 12.1 Å². The van der Waals surface area contributed by atoms with Crippen LogP contribution in [-0.2, 0) is 4.74 Å². The van der Waals surface area contributed by atoms with Gasteiger partial charge in [0.15, 0.2) is 0 Å². The summed E-state index contributed by atoms with van der Waals surface area (Å²) in [6.07, 6.45) is 9.80. The number of ether oxygens (including phenoxy) is 1. The van der Waals surface area contributed by atoms with Gasteiger partial charge in [0.25, 0.3) is 0 Å². The summed E-state index contributed by atoms with van der Waals surface area (Å²) in [4.78, 5) is 0. The second-order valence-electron chi connectivity index (χ2n) is 6.35. The predicted molar refractivity (Wildman–Crippen MR) is 72.2 cm³/mol. The van der Waals surface area contributed by atoms with Crippen molar-refractivity contribution >= 4 is 0 Å². The minimum Gasteiger partial charge on any atom is -0.381 e. The first-order valence-corrected chi connectivity index (χ1v) is 7.48. The number of nitrogens with one attached hydrogen (secondary N) is 1. The van der Waals surface area contributed by atoms with E-state index in [1.165, 1.54) is 44.9 Å². The monoisotopic (exact) mass is 239 g/mol. The molecular weight excluding hydrogens is 210 g/mol. The second-order valence-corrected chi connectivity index (χ2v) is 6.35. The van der Waals surface area contributed by atoms with Gasteiger partial charge in [-0.25, -0.2) is 0 Å². The molecule has 0 spiro atoms. The van der Waals surface area contributed by atoms with E-state index in [1.807, 2.05) is 7.11 Å². The van der Waals surface area contributed by atoms with Gasteiger partial charge in [-0.15, -0.1) is 0 Å². The fourth-order valence-corrected chi connectivity index (χ4v) is 3.54. The number of methoxy groups -OCH3 is 1. The molecule has 2 rings (SSSR count). The first kappa shape index (κ1) is 13.4. The lowest BCUT2D eigenvalue weighted by Crippen LogP contribution is -2.45. The molecule has 2 saturated carbocycles. The summed E-state index contributed by atoms with van der Waals surface area (Å²) in [5, 5.41) is 3.89. The minimum atomic E-state index is 0.501. The molecule has 17 heavy (non-hydrogen) atoms. The average Bonchev–Trinajstić information content (AvgIpc) is 2.34. The Morgan fingerprint density at radius 2 is 1.65 bits per heavy atom. The van der Waals surface area contributed by atoms with E-state index in [4.69, 9.17) is 4.74 Å². The number of hydrogen-bond donors (Lipinski definition) is 1. The van der Waals surface area contributed by atoms with Crippen molar-refractivity contribution in [2.75, 3.05) is 7.11 Å². The Bertz CT molecular complexity index is 227. The molecule has 0 heterocycles. The van der Waals surface area contributed by atoms with Crippen molar-refractivity contribution in [1.82, 2.24) is 5.32 Å². The van der Waals surface area contributed by atoms with Crippen LogP contribution in [0.1, 0.15) is 58.8 Å². The zero-order valence-electron chi connectivity index (χ0n) is 11.7. The summed E-state index contributed by atoms with van der Waals surface area (Å²) in [7, 11) is 1.86. The smallest absolute Gasteiger partial charge is 0.0586 e. The molecule has 5 atom stereocenters. The Labute approximate surface area is 107 Å². The topological polar surface area (TPSA) is 21.3 Å². The van der Waals surface area contributed by atoms with E-state index in [-0.39, 0.29) is 0 Å². The second kappa shape index (κ2) is 6.19. The molecule has 0 aliphatic heterocycles. The zero-order valence-corrected chi connectivity index (χ0v) is 11.7. The normalized spacial score (nSPS) is 43.6. The standard InChI is InChI=1S/C15H29NO/c1-11-7-8-14(9-12(11)2)16-13-5-4-6-15(10-13)17-3/h11-16H,4-10H2,1-3H3. The van der Waals surface area contributed by atoms with Gasteiger partial charge >= 0.3 is 0 Å². The Hall–Kier alpha value is -0.0800. The molecule has 2 nitrogen and oxygen atoms in total. The summed E-state index contributed by atoms with van der Waals surface area (Å²) in [6.45, 7) is 4.82. The van der Waals surface area contributed by atoms with Gasteiger partial charge in [-0.3, -0.25) is 0 Å². The van der Waals surface area contributed by atoms with Crippen LogP contribution in [0.5, 0.6) is 0 Å². The molecule has 1 N–H and O–H groups in total. The molecule has 5 unspecified atom stereocenters. The third kappa shape index (κ3) is 3.69. The summed E-state index contributed by atoms with van der Waals surface area (Å²) in [5.41, 5.74) is 0. The van der Waals surface area contributed by atoms with Crippen LogP contribution < -0.4 is 5.32 Å². The third-order valence-corrected chi connectivity index (χ3v) is 5.03. The molecule has 2 fully saturated rings. The van der Waals surface area contributed by atoms with Crippen molar-refractivity contribution in [3.05, 3.63) is 0 Å². The quantitative estimate of drug-likeness (QED) is 0.815. The summed E-state index contributed by atoms with van der Waals surface area (Å²) in [5.74, 6) is 1.81. The molecule has 0 aromatic heterocycles. The average molecular weight is 239 g/mol. The SMILES string of the molecule is COC1CCCC(NC2CCC(C)C(C)C2)C1. The Balaban J connectivity index is 1.76. The Morgan fingerprint density at radius 1 is 0.882 bits per heavy atom. The van der Waals surface area contributed by atoms with Crippen molar-refractivity contribution in [2.24, 2.45) is 11.8 Å². The zero-order chi connectivity index (χ0) is 12.3. The van der Waals surface area contributed by atoms with Crippen molar-refractivity contribution in [3.8, 4) is 0 Å². The molecular formula is C15H29NO. The van der Waals surface area contributed by atoms with Crippen molar-refractivity contribution in [2.45, 2.75) is 77.0 Å². The van der Waals surface area contributed by atoms with Gasteiger partial charge in [0.05, 0.1) is 6.10 Å². The highest BCUT2D eigenvalue weighted by molar-refractivity contribution is 4.85. The molecule has 100 valence electrons. The van der Waals surface area contributed by atoms with Crippen LogP contribution in [0.15, 0.2) is 0 Å². The predicted octanol–water partition coefficient (Wildman–Crippen LogP) is 3.36. The van der Waals surface area contributed by atoms with Crippen LogP contribution >= 0.6 is 0 Å². The first-order chi connectivity index (χ1) is 8.19. The molecule has 0 saturated heterocycles. The highest BCUT2D eigenvalue weighted by Gasteiger charge is 2.28. The van der Waals surface area contributed by atoms with Crippen molar-refractivity contribution < 1.29 is 4.74 Å². The van der Waals surface area contributed by atoms with E-state index in [1.54, 1.807) is 0 Å². The molecule has 0 bridgehead atoms. The Morgan fingerprint density at radius 3 is 2.35 bits per heavy atom. The van der Waals surface area contributed by atoms with Gasteiger partial charge in [0, 0.05) is 19.2 Å². The molecule has 0 aromatic rings. The van der Waals surface area contributed by atoms with Gasteiger partial charge < -0.3 is 10.1 Å². The number of rotatable bonds is 3. The van der Waals surface area contributed by atoms with Crippen LogP contribution in [0.2, 0.25) is 0 Å². The number of hydrogen-bond acceptors (Lipinski definition) is 2. The largest absolute Gasteiger partial charge is 0.381 e. The fourth-order valence-electron chi connectivity index (χ4n) is 3.54. The molecule has 2 aliphatic carbocycles. The van der Waals surface area contributed by atoms with Crippen molar-refractivity contribution in [1.29, 1.82) is 0 Å². The van der Waals surface area contributed by atoms with E-state index in [9.17, 15) is 0 Å². The van der Waals surface area contributed by atoms with Gasteiger partial charge in [-0.05, 0) is 56.8 Å². The van der Waals surface area contributed by atoms with Crippen molar-refractivity contribution in [3.63, 3.8) is 0 Å². The van der Waals surface area contributed by atoms with Crippen LogP contribution in [0, 0.1) is 11.8 Å². The van der Waals surface area contributed by atoms with Crippen LogP contribution in [0.3, 0.4) is 0 Å². The maximum atomic E-state index is 5.51.